The Hall–Kier alpha value is -2.83. The van der Waals surface area contributed by atoms with Crippen LogP contribution >= 0.6 is 22.9 Å². The molecule has 0 fully saturated rings. The van der Waals surface area contributed by atoms with E-state index >= 15 is 0 Å². The summed E-state index contributed by atoms with van der Waals surface area (Å²) in [6, 6.07) is 12.0. The van der Waals surface area contributed by atoms with Gasteiger partial charge >= 0.3 is 0 Å². The highest BCUT2D eigenvalue weighted by Crippen LogP contribution is 2.43. The molecule has 0 spiro atoms. The molecule has 7 heteroatoms. The second-order valence-corrected chi connectivity index (χ2v) is 8.22. The molecule has 0 aliphatic heterocycles. The number of aromatic nitrogens is 2. The van der Waals surface area contributed by atoms with E-state index in [9.17, 15) is 0 Å². The van der Waals surface area contributed by atoms with E-state index in [4.69, 9.17) is 21.1 Å². The van der Waals surface area contributed by atoms with E-state index in [1.807, 2.05) is 0 Å². The average molecular weight is 426 g/mol. The second-order valence-electron chi connectivity index (χ2n) is 6.61. The van der Waals surface area contributed by atoms with Gasteiger partial charge in [-0.15, -0.1) is 11.3 Å². The monoisotopic (exact) mass is 425 g/mol. The number of rotatable bonds is 5. The zero-order chi connectivity index (χ0) is 20.5. The van der Waals surface area contributed by atoms with E-state index in [1.165, 1.54) is 10.4 Å². The van der Waals surface area contributed by atoms with Gasteiger partial charge in [-0.3, -0.25) is 0 Å². The Balaban J connectivity index is 1.89. The normalized spacial score (nSPS) is 10.9. The first-order chi connectivity index (χ1) is 14.0. The van der Waals surface area contributed by atoms with Crippen LogP contribution in [0, 0.1) is 13.8 Å². The lowest BCUT2D eigenvalue weighted by Gasteiger charge is -2.14. The molecule has 0 atom stereocenters. The first-order valence-corrected chi connectivity index (χ1v) is 10.2. The molecule has 1 N–H and O–H groups in total. The van der Waals surface area contributed by atoms with Crippen LogP contribution in [0.5, 0.6) is 11.5 Å². The minimum absolute atomic E-state index is 0.481. The maximum absolute atomic E-state index is 6.24. The quantitative estimate of drug-likeness (QED) is 0.401. The number of halogens is 1. The molecule has 148 valence electrons. The molecular formula is C22H20ClN3O2S. The largest absolute Gasteiger partial charge is 0.495 e. The lowest BCUT2D eigenvalue weighted by atomic mass is 10.0. The number of nitrogens with zero attached hydrogens (tertiary/aromatic N) is 2. The molecule has 2 aromatic carbocycles. The summed E-state index contributed by atoms with van der Waals surface area (Å²) in [4.78, 5) is 11.1. The molecule has 4 aromatic rings. The van der Waals surface area contributed by atoms with Gasteiger partial charge in [0, 0.05) is 22.6 Å². The van der Waals surface area contributed by atoms with Gasteiger partial charge in [0.25, 0.3) is 0 Å². The maximum atomic E-state index is 6.24. The standard InChI is InChI=1S/C22H20ClN3O2S/c1-12-5-7-14(8-6-12)19-13(2)29-22-20(19)21(24-11-25-22)26-16-10-17(27-3)15(23)9-18(16)28-4/h5-11H,1-4H3,(H,24,25,26). The highest BCUT2D eigenvalue weighted by molar-refractivity contribution is 7.19. The Bertz CT molecular complexity index is 1190. The van der Waals surface area contributed by atoms with E-state index in [0.717, 1.165) is 21.3 Å². The number of thiophene rings is 1. The van der Waals surface area contributed by atoms with Crippen LogP contribution in [0.4, 0.5) is 11.5 Å². The van der Waals surface area contributed by atoms with Gasteiger partial charge in [-0.2, -0.15) is 0 Å². The van der Waals surface area contributed by atoms with Crippen LogP contribution in [-0.2, 0) is 0 Å². The van der Waals surface area contributed by atoms with Gasteiger partial charge in [0.05, 0.1) is 30.3 Å². The third kappa shape index (κ3) is 3.61. The fourth-order valence-corrected chi connectivity index (χ4v) is 4.54. The van der Waals surface area contributed by atoms with Crippen molar-refractivity contribution in [1.82, 2.24) is 9.97 Å². The number of aryl methyl sites for hydroxylation is 2. The molecule has 29 heavy (non-hydrogen) atoms. The van der Waals surface area contributed by atoms with Gasteiger partial charge < -0.3 is 14.8 Å². The number of hydrogen-bond acceptors (Lipinski definition) is 6. The van der Waals surface area contributed by atoms with E-state index in [0.29, 0.717) is 28.0 Å². The summed E-state index contributed by atoms with van der Waals surface area (Å²) < 4.78 is 10.9. The lowest BCUT2D eigenvalue weighted by Crippen LogP contribution is -1.99. The van der Waals surface area contributed by atoms with Crippen molar-refractivity contribution in [2.75, 3.05) is 19.5 Å². The predicted octanol–water partition coefficient (Wildman–Crippen LogP) is 6.39. The van der Waals surface area contributed by atoms with Gasteiger partial charge in [-0.05, 0) is 19.4 Å². The summed E-state index contributed by atoms with van der Waals surface area (Å²) in [7, 11) is 3.18. The maximum Gasteiger partial charge on any atom is 0.144 e. The van der Waals surface area contributed by atoms with Gasteiger partial charge in [-0.25, -0.2) is 9.97 Å². The van der Waals surface area contributed by atoms with Crippen LogP contribution in [0.15, 0.2) is 42.7 Å². The first-order valence-electron chi connectivity index (χ1n) is 9.01. The highest BCUT2D eigenvalue weighted by atomic mass is 35.5. The van der Waals surface area contributed by atoms with Crippen LogP contribution in [0.2, 0.25) is 5.02 Å². The van der Waals surface area contributed by atoms with Crippen LogP contribution in [0.25, 0.3) is 21.3 Å². The Morgan fingerprint density at radius 3 is 2.38 bits per heavy atom. The number of nitrogens with one attached hydrogen (secondary N) is 1. The van der Waals surface area contributed by atoms with Gasteiger partial charge in [0.2, 0.25) is 0 Å². The topological polar surface area (TPSA) is 56.3 Å². The molecule has 0 bridgehead atoms. The summed E-state index contributed by atoms with van der Waals surface area (Å²) in [6.45, 7) is 4.19. The summed E-state index contributed by atoms with van der Waals surface area (Å²) in [5.74, 6) is 1.87. The van der Waals surface area contributed by atoms with Crippen molar-refractivity contribution < 1.29 is 9.47 Å². The Kier molecular flexibility index (Phi) is 5.30. The molecule has 0 unspecified atom stereocenters. The van der Waals surface area contributed by atoms with Gasteiger partial charge in [0.1, 0.15) is 28.5 Å². The van der Waals surface area contributed by atoms with Crippen molar-refractivity contribution in [1.29, 1.82) is 0 Å². The van der Waals surface area contributed by atoms with E-state index in [1.54, 1.807) is 44.0 Å². The smallest absolute Gasteiger partial charge is 0.144 e. The van der Waals surface area contributed by atoms with Crippen LogP contribution in [0.1, 0.15) is 10.4 Å². The van der Waals surface area contributed by atoms with Crippen LogP contribution < -0.4 is 14.8 Å². The summed E-state index contributed by atoms with van der Waals surface area (Å²) >= 11 is 7.90. The molecule has 2 aromatic heterocycles. The Morgan fingerprint density at radius 2 is 1.69 bits per heavy atom. The van der Waals surface area contributed by atoms with Crippen molar-refractivity contribution in [3.8, 4) is 22.6 Å². The molecule has 0 aliphatic carbocycles. The number of ether oxygens (including phenoxy) is 2. The predicted molar refractivity (Wildman–Crippen MR) is 120 cm³/mol. The summed E-state index contributed by atoms with van der Waals surface area (Å²) in [6.07, 6.45) is 1.57. The third-order valence-electron chi connectivity index (χ3n) is 4.73. The van der Waals surface area contributed by atoms with Crippen molar-refractivity contribution in [2.45, 2.75) is 13.8 Å². The molecule has 0 saturated carbocycles. The number of methoxy groups -OCH3 is 2. The van der Waals surface area contributed by atoms with Crippen molar-refractivity contribution in [2.24, 2.45) is 0 Å². The zero-order valence-corrected chi connectivity index (χ0v) is 18.1. The van der Waals surface area contributed by atoms with Crippen LogP contribution in [-0.4, -0.2) is 24.2 Å². The number of anilines is 2. The van der Waals surface area contributed by atoms with E-state index < -0.39 is 0 Å². The fourth-order valence-electron chi connectivity index (χ4n) is 3.29. The van der Waals surface area contributed by atoms with Crippen molar-refractivity contribution >= 4 is 44.7 Å². The lowest BCUT2D eigenvalue weighted by molar-refractivity contribution is 0.405. The number of benzene rings is 2. The van der Waals surface area contributed by atoms with Crippen molar-refractivity contribution in [3.63, 3.8) is 0 Å². The average Bonchev–Trinajstić information content (AvgIpc) is 3.06. The molecule has 4 rings (SSSR count). The minimum Gasteiger partial charge on any atom is -0.495 e. The van der Waals surface area contributed by atoms with Crippen molar-refractivity contribution in [3.05, 3.63) is 58.2 Å². The number of fused-ring (bicyclic) bond motifs is 1. The molecular weight excluding hydrogens is 406 g/mol. The zero-order valence-electron chi connectivity index (χ0n) is 16.5. The fraction of sp³-hybridized carbons (Fsp3) is 0.182. The Labute approximate surface area is 178 Å². The minimum atomic E-state index is 0.481. The molecule has 0 aliphatic rings. The van der Waals surface area contributed by atoms with Crippen LogP contribution in [0.3, 0.4) is 0 Å². The molecule has 0 amide bonds. The van der Waals surface area contributed by atoms with Gasteiger partial charge in [0.15, 0.2) is 0 Å². The molecule has 0 saturated heterocycles. The van der Waals surface area contributed by atoms with Gasteiger partial charge in [-0.1, -0.05) is 41.4 Å². The molecule has 5 nitrogen and oxygen atoms in total. The Morgan fingerprint density at radius 1 is 0.966 bits per heavy atom. The highest BCUT2D eigenvalue weighted by Gasteiger charge is 2.18. The SMILES string of the molecule is COc1cc(Nc2ncnc3sc(C)c(-c4ccc(C)cc4)c23)c(OC)cc1Cl. The van der Waals surface area contributed by atoms with E-state index in [-0.39, 0.29) is 0 Å². The van der Waals surface area contributed by atoms with E-state index in [2.05, 4.69) is 53.4 Å². The third-order valence-corrected chi connectivity index (χ3v) is 6.04. The summed E-state index contributed by atoms with van der Waals surface area (Å²) in [5.41, 5.74) is 4.21. The summed E-state index contributed by atoms with van der Waals surface area (Å²) in [5, 5.41) is 4.86. The molecule has 2 heterocycles. The first kappa shape index (κ1) is 19.5. The second kappa shape index (κ2) is 7.89. The molecule has 0 radical (unpaired) electrons. The number of hydrogen-bond donors (Lipinski definition) is 1.